The van der Waals surface area contributed by atoms with E-state index >= 15 is 0 Å². The molecule has 3 rings (SSSR count). The number of thiazole rings is 1. The van der Waals surface area contributed by atoms with Crippen LogP contribution in [0.5, 0.6) is 0 Å². The molecule has 0 spiro atoms. The van der Waals surface area contributed by atoms with E-state index in [4.69, 9.17) is 0 Å². The molecule has 1 aromatic heterocycles. The van der Waals surface area contributed by atoms with Crippen LogP contribution in [0.15, 0.2) is 33.6 Å². The van der Waals surface area contributed by atoms with Crippen molar-refractivity contribution in [3.63, 3.8) is 0 Å². The molecule has 0 radical (unpaired) electrons. The van der Waals surface area contributed by atoms with Crippen LogP contribution in [0.4, 0.5) is 15.2 Å². The largest absolute Gasteiger partial charge is 0.385 e. The maximum atomic E-state index is 14.5. The van der Waals surface area contributed by atoms with Gasteiger partial charge in [0, 0.05) is 30.4 Å². The SMILES string of the molecule is Cc1cc(S(=O)(=O)Nc2nccs2)c(F)cc1NCCCCNCC1(C)CCCC=N1. The minimum Gasteiger partial charge on any atom is -0.385 e. The predicted octanol–water partition coefficient (Wildman–Crippen LogP) is 4.19. The first-order valence-electron chi connectivity index (χ1n) is 10.5. The summed E-state index contributed by atoms with van der Waals surface area (Å²) in [5.41, 5.74) is 1.28. The summed E-state index contributed by atoms with van der Waals surface area (Å²) in [4.78, 5) is 8.11. The second-order valence-electron chi connectivity index (χ2n) is 8.05. The molecule has 0 bridgehead atoms. The van der Waals surface area contributed by atoms with Crippen LogP contribution in [0, 0.1) is 12.7 Å². The fourth-order valence-electron chi connectivity index (χ4n) is 3.51. The van der Waals surface area contributed by atoms with Crippen molar-refractivity contribution in [3.8, 4) is 0 Å². The van der Waals surface area contributed by atoms with Crippen LogP contribution < -0.4 is 15.4 Å². The molecule has 1 aliphatic rings. The van der Waals surface area contributed by atoms with Crippen LogP contribution in [0.3, 0.4) is 0 Å². The number of nitrogens with one attached hydrogen (secondary N) is 3. The van der Waals surface area contributed by atoms with E-state index in [1.807, 2.05) is 6.21 Å². The Hall–Kier alpha value is -2.04. The lowest BCUT2D eigenvalue weighted by Gasteiger charge is -2.28. The third-order valence-corrected chi connectivity index (χ3v) is 7.45. The molecule has 1 aliphatic heterocycles. The van der Waals surface area contributed by atoms with Gasteiger partial charge in [0.15, 0.2) is 5.13 Å². The van der Waals surface area contributed by atoms with Gasteiger partial charge in [0.1, 0.15) is 10.7 Å². The van der Waals surface area contributed by atoms with Gasteiger partial charge in [0.25, 0.3) is 10.0 Å². The molecule has 3 N–H and O–H groups in total. The van der Waals surface area contributed by atoms with E-state index in [1.54, 1.807) is 12.3 Å². The van der Waals surface area contributed by atoms with Crippen molar-refractivity contribution in [2.75, 3.05) is 29.7 Å². The summed E-state index contributed by atoms with van der Waals surface area (Å²) in [6, 6.07) is 2.59. The van der Waals surface area contributed by atoms with Gasteiger partial charge in [-0.3, -0.25) is 9.71 Å². The topological polar surface area (TPSA) is 95.5 Å². The van der Waals surface area contributed by atoms with Gasteiger partial charge in [-0.15, -0.1) is 11.3 Å². The lowest BCUT2D eigenvalue weighted by molar-refractivity contribution is 0.384. The Kier molecular flexibility index (Phi) is 8.01. The number of rotatable bonds is 11. The second kappa shape index (κ2) is 10.5. The van der Waals surface area contributed by atoms with Crippen molar-refractivity contribution in [1.82, 2.24) is 10.3 Å². The number of aryl methyl sites for hydroxylation is 1. The third kappa shape index (κ3) is 6.72. The number of aromatic nitrogens is 1. The number of hydrogen-bond acceptors (Lipinski definition) is 7. The van der Waals surface area contributed by atoms with Crippen molar-refractivity contribution >= 4 is 38.4 Å². The van der Waals surface area contributed by atoms with Crippen LogP contribution in [0.2, 0.25) is 0 Å². The fraction of sp³-hybridized carbons (Fsp3) is 0.524. The highest BCUT2D eigenvalue weighted by Gasteiger charge is 2.23. The summed E-state index contributed by atoms with van der Waals surface area (Å²) in [6.07, 6.45) is 8.81. The maximum Gasteiger partial charge on any atom is 0.266 e. The molecule has 170 valence electrons. The minimum atomic E-state index is -4.03. The summed E-state index contributed by atoms with van der Waals surface area (Å²) >= 11 is 1.14. The zero-order valence-corrected chi connectivity index (χ0v) is 19.6. The van der Waals surface area contributed by atoms with E-state index in [9.17, 15) is 12.8 Å². The number of sulfonamides is 1. The van der Waals surface area contributed by atoms with E-state index in [2.05, 4.69) is 32.3 Å². The molecule has 0 saturated heterocycles. The van der Waals surface area contributed by atoms with Gasteiger partial charge in [-0.05, 0) is 76.4 Å². The Bertz CT molecular complexity index is 995. The van der Waals surface area contributed by atoms with Crippen LogP contribution in [-0.2, 0) is 10.0 Å². The van der Waals surface area contributed by atoms with Crippen LogP contribution in [0.1, 0.15) is 44.6 Å². The van der Waals surface area contributed by atoms with Crippen molar-refractivity contribution in [1.29, 1.82) is 0 Å². The molecule has 0 saturated carbocycles. The number of aliphatic imine (C=N–C) groups is 1. The number of unbranched alkanes of at least 4 members (excludes halogenated alkanes) is 1. The Morgan fingerprint density at radius 2 is 2.06 bits per heavy atom. The standard InChI is InChI=1S/C21H30FN5O2S2/c1-16-13-19(31(28,29)27-20-25-11-12-30-20)17(22)14-18(16)24-9-6-5-8-23-15-21(2)7-3-4-10-26-21/h10-14,23-24H,3-9,15H2,1-2H3,(H,25,27). The lowest BCUT2D eigenvalue weighted by atomic mass is 9.93. The second-order valence-corrected chi connectivity index (χ2v) is 10.6. The Balaban J connectivity index is 1.45. The van der Waals surface area contributed by atoms with Crippen molar-refractivity contribution in [2.24, 2.45) is 4.99 Å². The molecule has 2 aromatic rings. The van der Waals surface area contributed by atoms with Gasteiger partial charge in [-0.2, -0.15) is 0 Å². The van der Waals surface area contributed by atoms with Crippen LogP contribution in [0.25, 0.3) is 0 Å². The minimum absolute atomic E-state index is 0.0155. The number of benzene rings is 1. The van der Waals surface area contributed by atoms with Crippen molar-refractivity contribution in [2.45, 2.75) is 56.4 Å². The normalized spacial score (nSPS) is 18.8. The first kappa shape index (κ1) is 23.6. The molecule has 1 aromatic carbocycles. The molecule has 1 atom stereocenters. The maximum absolute atomic E-state index is 14.5. The molecular formula is C21H30FN5O2S2. The van der Waals surface area contributed by atoms with Gasteiger partial charge in [-0.25, -0.2) is 17.8 Å². The van der Waals surface area contributed by atoms with E-state index in [1.165, 1.54) is 24.8 Å². The summed E-state index contributed by atoms with van der Waals surface area (Å²) in [6.45, 7) is 6.41. The molecule has 1 unspecified atom stereocenters. The highest BCUT2D eigenvalue weighted by molar-refractivity contribution is 7.93. The first-order valence-corrected chi connectivity index (χ1v) is 12.9. The third-order valence-electron chi connectivity index (χ3n) is 5.28. The quantitative estimate of drug-likeness (QED) is 0.431. The zero-order valence-electron chi connectivity index (χ0n) is 17.9. The number of nitrogens with zero attached hydrogens (tertiary/aromatic N) is 2. The average Bonchev–Trinajstić information content (AvgIpc) is 3.22. The highest BCUT2D eigenvalue weighted by atomic mass is 32.2. The monoisotopic (exact) mass is 467 g/mol. The summed E-state index contributed by atoms with van der Waals surface area (Å²) in [5, 5.41) is 8.54. The molecule has 0 aliphatic carbocycles. The molecule has 31 heavy (non-hydrogen) atoms. The number of anilines is 2. The van der Waals surface area contributed by atoms with Crippen molar-refractivity contribution in [3.05, 3.63) is 35.1 Å². The average molecular weight is 468 g/mol. The van der Waals surface area contributed by atoms with Crippen molar-refractivity contribution < 1.29 is 12.8 Å². The van der Waals surface area contributed by atoms with E-state index in [-0.39, 0.29) is 15.6 Å². The predicted molar refractivity (Wildman–Crippen MR) is 125 cm³/mol. The van der Waals surface area contributed by atoms with Gasteiger partial charge < -0.3 is 10.6 Å². The highest BCUT2D eigenvalue weighted by Crippen LogP contribution is 2.26. The summed E-state index contributed by atoms with van der Waals surface area (Å²) in [5.74, 6) is -0.792. The number of halogens is 1. The molecule has 2 heterocycles. The van der Waals surface area contributed by atoms with E-state index in [0.717, 1.165) is 50.1 Å². The molecule has 10 heteroatoms. The summed E-state index contributed by atoms with van der Waals surface area (Å²) in [7, 11) is -4.03. The van der Waals surface area contributed by atoms with Crippen LogP contribution in [-0.4, -0.2) is 44.8 Å². The first-order chi connectivity index (χ1) is 14.8. The smallest absolute Gasteiger partial charge is 0.266 e. The fourth-order valence-corrected chi connectivity index (χ4v) is 5.44. The Labute approximate surface area is 187 Å². The Morgan fingerprint density at radius 3 is 2.77 bits per heavy atom. The molecule has 7 nitrogen and oxygen atoms in total. The lowest BCUT2D eigenvalue weighted by Crippen LogP contribution is -2.38. The van der Waals surface area contributed by atoms with E-state index in [0.29, 0.717) is 17.8 Å². The zero-order chi connectivity index (χ0) is 22.3. The van der Waals surface area contributed by atoms with Gasteiger partial charge in [0.2, 0.25) is 0 Å². The van der Waals surface area contributed by atoms with E-state index < -0.39 is 15.8 Å². The number of hydrogen-bond donors (Lipinski definition) is 3. The molecule has 0 fully saturated rings. The van der Waals surface area contributed by atoms with Crippen LogP contribution >= 0.6 is 11.3 Å². The van der Waals surface area contributed by atoms with Gasteiger partial charge >= 0.3 is 0 Å². The molecular weight excluding hydrogens is 437 g/mol. The van der Waals surface area contributed by atoms with Gasteiger partial charge in [0.05, 0.1) is 5.54 Å². The summed E-state index contributed by atoms with van der Waals surface area (Å²) < 4.78 is 41.8. The van der Waals surface area contributed by atoms with Gasteiger partial charge in [-0.1, -0.05) is 0 Å². The Morgan fingerprint density at radius 1 is 1.26 bits per heavy atom. The molecule has 0 amide bonds.